The summed E-state index contributed by atoms with van der Waals surface area (Å²) in [7, 11) is 0. The SMILES string of the molecule is Cc1sc(C)c(C(=O)O)c1Cc1ccc(N2CCOCC2)cc1. The van der Waals surface area contributed by atoms with E-state index in [-0.39, 0.29) is 0 Å². The van der Waals surface area contributed by atoms with Crippen LogP contribution in [-0.4, -0.2) is 37.4 Å². The van der Waals surface area contributed by atoms with Crippen LogP contribution in [0, 0.1) is 13.8 Å². The average Bonchev–Trinajstić information content (AvgIpc) is 2.83. The van der Waals surface area contributed by atoms with Gasteiger partial charge in [-0.05, 0) is 43.5 Å². The second kappa shape index (κ2) is 6.72. The maximum Gasteiger partial charge on any atom is 0.337 e. The van der Waals surface area contributed by atoms with Crippen LogP contribution in [0.1, 0.15) is 31.2 Å². The van der Waals surface area contributed by atoms with Gasteiger partial charge in [-0.25, -0.2) is 4.79 Å². The van der Waals surface area contributed by atoms with Gasteiger partial charge in [-0.15, -0.1) is 11.3 Å². The smallest absolute Gasteiger partial charge is 0.337 e. The molecule has 0 saturated carbocycles. The zero-order chi connectivity index (χ0) is 16.4. The first kappa shape index (κ1) is 16.0. The number of morpholine rings is 1. The van der Waals surface area contributed by atoms with E-state index in [0.29, 0.717) is 12.0 Å². The molecule has 122 valence electrons. The summed E-state index contributed by atoms with van der Waals surface area (Å²) in [6.45, 7) is 7.28. The Morgan fingerprint density at radius 3 is 2.43 bits per heavy atom. The van der Waals surface area contributed by atoms with Gasteiger partial charge >= 0.3 is 5.97 Å². The maximum atomic E-state index is 11.5. The van der Waals surface area contributed by atoms with Crippen molar-refractivity contribution < 1.29 is 14.6 Å². The third-order valence-corrected chi connectivity index (χ3v) is 5.36. The summed E-state index contributed by atoms with van der Waals surface area (Å²) in [5, 5.41) is 9.44. The second-order valence-corrected chi connectivity index (χ2v) is 7.24. The van der Waals surface area contributed by atoms with E-state index in [1.807, 2.05) is 13.8 Å². The lowest BCUT2D eigenvalue weighted by molar-refractivity contribution is 0.0695. The molecule has 0 amide bonds. The fourth-order valence-electron chi connectivity index (χ4n) is 3.07. The molecule has 2 heterocycles. The van der Waals surface area contributed by atoms with Gasteiger partial charge < -0.3 is 14.7 Å². The van der Waals surface area contributed by atoms with Crippen LogP contribution in [0.15, 0.2) is 24.3 Å². The highest BCUT2D eigenvalue weighted by atomic mass is 32.1. The highest BCUT2D eigenvalue weighted by Gasteiger charge is 2.19. The number of carboxylic acids is 1. The van der Waals surface area contributed by atoms with Crippen LogP contribution in [0.4, 0.5) is 5.69 Å². The molecule has 0 aliphatic carbocycles. The van der Waals surface area contributed by atoms with Crippen LogP contribution in [0.5, 0.6) is 0 Å². The molecule has 0 radical (unpaired) electrons. The number of hydrogen-bond donors (Lipinski definition) is 1. The van der Waals surface area contributed by atoms with Crippen LogP contribution in [-0.2, 0) is 11.2 Å². The van der Waals surface area contributed by atoms with E-state index in [9.17, 15) is 9.90 Å². The molecule has 1 saturated heterocycles. The van der Waals surface area contributed by atoms with Crippen molar-refractivity contribution in [2.75, 3.05) is 31.2 Å². The van der Waals surface area contributed by atoms with E-state index in [4.69, 9.17) is 4.74 Å². The summed E-state index contributed by atoms with van der Waals surface area (Å²) in [6.07, 6.45) is 0.668. The summed E-state index contributed by atoms with van der Waals surface area (Å²) in [4.78, 5) is 15.8. The number of carboxylic acid groups (broad SMARTS) is 1. The second-order valence-electron chi connectivity index (χ2n) is 5.82. The standard InChI is InChI=1S/C18H21NO3S/c1-12-16(17(18(20)21)13(2)23-12)11-14-3-5-15(6-4-14)19-7-9-22-10-8-19/h3-6H,7-11H2,1-2H3,(H,20,21). The minimum atomic E-state index is -0.827. The first-order valence-electron chi connectivity index (χ1n) is 7.80. The van der Waals surface area contributed by atoms with Crippen LogP contribution >= 0.6 is 11.3 Å². The predicted molar refractivity (Wildman–Crippen MR) is 93.0 cm³/mol. The molecule has 1 fully saturated rings. The topological polar surface area (TPSA) is 49.8 Å². The van der Waals surface area contributed by atoms with Gasteiger partial charge in [-0.2, -0.15) is 0 Å². The highest BCUT2D eigenvalue weighted by molar-refractivity contribution is 7.12. The Kier molecular flexibility index (Phi) is 4.68. The normalized spacial score (nSPS) is 15.0. The van der Waals surface area contributed by atoms with E-state index in [1.54, 1.807) is 11.3 Å². The van der Waals surface area contributed by atoms with Crippen molar-refractivity contribution in [1.29, 1.82) is 0 Å². The van der Waals surface area contributed by atoms with Crippen LogP contribution in [0.3, 0.4) is 0 Å². The number of aromatic carboxylic acids is 1. The molecule has 4 nitrogen and oxygen atoms in total. The molecule has 0 atom stereocenters. The van der Waals surface area contributed by atoms with E-state index in [0.717, 1.165) is 47.2 Å². The maximum absolute atomic E-state index is 11.5. The third kappa shape index (κ3) is 3.41. The van der Waals surface area contributed by atoms with Crippen LogP contribution in [0.25, 0.3) is 0 Å². The fraction of sp³-hybridized carbons (Fsp3) is 0.389. The Hall–Kier alpha value is -1.85. The zero-order valence-corrected chi connectivity index (χ0v) is 14.3. The van der Waals surface area contributed by atoms with E-state index in [2.05, 4.69) is 29.2 Å². The van der Waals surface area contributed by atoms with Crippen molar-refractivity contribution in [3.63, 3.8) is 0 Å². The van der Waals surface area contributed by atoms with Gasteiger partial charge in [0, 0.05) is 28.5 Å². The predicted octanol–water partition coefficient (Wildman–Crippen LogP) is 3.49. The van der Waals surface area contributed by atoms with Crippen LogP contribution < -0.4 is 4.90 Å². The number of aryl methyl sites for hydroxylation is 2. The van der Waals surface area contributed by atoms with E-state index >= 15 is 0 Å². The summed E-state index contributed by atoms with van der Waals surface area (Å²) in [5.74, 6) is -0.827. The molecular weight excluding hydrogens is 310 g/mol. The van der Waals surface area contributed by atoms with Gasteiger partial charge in [0.1, 0.15) is 0 Å². The molecule has 5 heteroatoms. The van der Waals surface area contributed by atoms with Gasteiger partial charge in [-0.1, -0.05) is 12.1 Å². The Morgan fingerprint density at radius 2 is 1.83 bits per heavy atom. The van der Waals surface area contributed by atoms with Gasteiger partial charge in [0.25, 0.3) is 0 Å². The Morgan fingerprint density at radius 1 is 1.17 bits per heavy atom. The molecule has 1 N–H and O–H groups in total. The third-order valence-electron chi connectivity index (χ3n) is 4.29. The molecule has 1 aromatic heterocycles. The number of nitrogens with zero attached hydrogens (tertiary/aromatic N) is 1. The minimum absolute atomic E-state index is 0.477. The van der Waals surface area contributed by atoms with E-state index < -0.39 is 5.97 Å². The van der Waals surface area contributed by atoms with Crippen molar-refractivity contribution >= 4 is 23.0 Å². The number of ether oxygens (including phenoxy) is 1. The molecule has 1 aromatic carbocycles. The quantitative estimate of drug-likeness (QED) is 0.932. The molecule has 0 bridgehead atoms. The molecule has 0 unspecified atom stereocenters. The molecule has 23 heavy (non-hydrogen) atoms. The lowest BCUT2D eigenvalue weighted by Crippen LogP contribution is -2.36. The molecule has 3 rings (SSSR count). The molecule has 0 spiro atoms. The monoisotopic (exact) mass is 331 g/mol. The number of rotatable bonds is 4. The largest absolute Gasteiger partial charge is 0.478 e. The van der Waals surface area contributed by atoms with Gasteiger partial charge in [0.15, 0.2) is 0 Å². The molecule has 1 aliphatic heterocycles. The van der Waals surface area contributed by atoms with Crippen molar-refractivity contribution in [1.82, 2.24) is 0 Å². The van der Waals surface area contributed by atoms with Gasteiger partial charge in [-0.3, -0.25) is 0 Å². The summed E-state index contributed by atoms with van der Waals surface area (Å²) in [5.41, 5.74) is 3.77. The lowest BCUT2D eigenvalue weighted by Gasteiger charge is -2.28. The zero-order valence-electron chi connectivity index (χ0n) is 13.5. The average molecular weight is 331 g/mol. The Balaban J connectivity index is 1.80. The number of carbonyl (C=O) groups is 1. The highest BCUT2D eigenvalue weighted by Crippen LogP contribution is 2.30. The summed E-state index contributed by atoms with van der Waals surface area (Å²) >= 11 is 1.57. The number of anilines is 1. The Bertz CT molecular complexity index is 700. The van der Waals surface area contributed by atoms with Crippen molar-refractivity contribution in [2.24, 2.45) is 0 Å². The van der Waals surface area contributed by atoms with Crippen molar-refractivity contribution in [2.45, 2.75) is 20.3 Å². The first-order valence-corrected chi connectivity index (χ1v) is 8.61. The van der Waals surface area contributed by atoms with E-state index in [1.165, 1.54) is 5.69 Å². The number of hydrogen-bond acceptors (Lipinski definition) is 4. The fourth-order valence-corrected chi connectivity index (χ4v) is 4.14. The molecular formula is C18H21NO3S. The van der Waals surface area contributed by atoms with Crippen LogP contribution in [0.2, 0.25) is 0 Å². The number of benzene rings is 1. The Labute approximate surface area is 140 Å². The number of thiophene rings is 1. The van der Waals surface area contributed by atoms with Crippen molar-refractivity contribution in [3.8, 4) is 0 Å². The summed E-state index contributed by atoms with van der Waals surface area (Å²) < 4.78 is 5.38. The summed E-state index contributed by atoms with van der Waals surface area (Å²) in [6, 6.07) is 8.44. The van der Waals surface area contributed by atoms with Crippen molar-refractivity contribution in [3.05, 3.63) is 50.7 Å². The minimum Gasteiger partial charge on any atom is -0.478 e. The molecule has 2 aromatic rings. The van der Waals surface area contributed by atoms with Gasteiger partial charge in [0.05, 0.1) is 18.8 Å². The van der Waals surface area contributed by atoms with Gasteiger partial charge in [0.2, 0.25) is 0 Å². The first-order chi connectivity index (χ1) is 11.1. The molecule has 1 aliphatic rings. The lowest BCUT2D eigenvalue weighted by atomic mass is 10.00.